The van der Waals surface area contributed by atoms with Gasteiger partial charge in [-0.25, -0.2) is 8.96 Å². The van der Waals surface area contributed by atoms with Crippen LogP contribution in [0.3, 0.4) is 0 Å². The highest BCUT2D eigenvalue weighted by Crippen LogP contribution is 2.37. The molecule has 0 bridgehead atoms. The van der Waals surface area contributed by atoms with E-state index >= 15 is 0 Å². The minimum absolute atomic E-state index is 0.251. The molecule has 1 unspecified atom stereocenters. The van der Waals surface area contributed by atoms with E-state index in [9.17, 15) is 14.1 Å². The van der Waals surface area contributed by atoms with Crippen molar-refractivity contribution < 1.29 is 33.1 Å². The number of aryl methyl sites for hydroxylation is 1. The van der Waals surface area contributed by atoms with Gasteiger partial charge in [0.1, 0.15) is 11.6 Å². The van der Waals surface area contributed by atoms with Gasteiger partial charge in [-0.2, -0.15) is 0 Å². The summed E-state index contributed by atoms with van der Waals surface area (Å²) in [5.41, 5.74) is 6.75. The number of nitrogens with two attached hydrogens (primary N) is 1. The average molecular weight is 441 g/mol. The number of phosphoric ester groups is 1. The number of rotatable bonds is 12. The molecule has 1 atom stereocenters. The molecule has 0 aliphatic rings. The number of phosphoric acid groups is 1. The smallest absolute Gasteiger partial charge is 0.469 e. The van der Waals surface area contributed by atoms with Crippen molar-refractivity contribution >= 4 is 7.82 Å². The van der Waals surface area contributed by atoms with Crippen molar-refractivity contribution in [3.8, 4) is 16.9 Å². The number of ether oxygens (including phenoxy) is 1. The Hall–Kier alpha value is -1.80. The molecule has 0 aliphatic carbocycles. The monoisotopic (exact) mass is 441 g/mol. The standard InChI is InChI=1S/C21H29FNO6P/c1-2-3-12-28-18-8-9-19(20(22)13-18)17-6-4-16(5-7-17)10-11-21(23,14-24)15-29-30(25,26)27/h4-9,13,24H,2-3,10-12,14-15,23H2,1H3,(H2,25,26,27). The summed E-state index contributed by atoms with van der Waals surface area (Å²) in [4.78, 5) is 17.6. The molecular formula is C21H29FNO6P. The SMILES string of the molecule is CCCCOc1ccc(-c2ccc(CCC(N)(CO)COP(=O)(O)O)cc2)c(F)c1. The third-order valence-electron chi connectivity index (χ3n) is 4.72. The number of hydrogen-bond donors (Lipinski definition) is 4. The Morgan fingerprint density at radius 1 is 1.17 bits per heavy atom. The molecule has 5 N–H and O–H groups in total. The lowest BCUT2D eigenvalue weighted by Gasteiger charge is -2.27. The van der Waals surface area contributed by atoms with Crippen LogP contribution < -0.4 is 10.5 Å². The number of halogens is 1. The van der Waals surface area contributed by atoms with Crippen molar-refractivity contribution in [1.29, 1.82) is 0 Å². The van der Waals surface area contributed by atoms with E-state index in [1.54, 1.807) is 24.3 Å². The number of hydrogen-bond acceptors (Lipinski definition) is 5. The first-order valence-electron chi connectivity index (χ1n) is 9.77. The van der Waals surface area contributed by atoms with Gasteiger partial charge in [0.2, 0.25) is 0 Å². The van der Waals surface area contributed by atoms with Crippen LogP contribution in [0, 0.1) is 5.82 Å². The Kier molecular flexibility index (Phi) is 8.97. The highest BCUT2D eigenvalue weighted by molar-refractivity contribution is 7.46. The molecule has 0 aromatic heterocycles. The molecule has 9 heteroatoms. The molecule has 0 fully saturated rings. The van der Waals surface area contributed by atoms with Gasteiger partial charge >= 0.3 is 7.82 Å². The van der Waals surface area contributed by atoms with Crippen molar-refractivity contribution in [1.82, 2.24) is 0 Å². The van der Waals surface area contributed by atoms with Gasteiger partial charge in [-0.1, -0.05) is 37.6 Å². The van der Waals surface area contributed by atoms with Crippen molar-refractivity contribution in [2.75, 3.05) is 19.8 Å². The first-order chi connectivity index (χ1) is 14.2. The highest BCUT2D eigenvalue weighted by Gasteiger charge is 2.28. The first kappa shape index (κ1) is 24.5. The summed E-state index contributed by atoms with van der Waals surface area (Å²) in [6, 6.07) is 12.0. The van der Waals surface area contributed by atoms with Crippen LogP contribution in [0.5, 0.6) is 5.75 Å². The fourth-order valence-electron chi connectivity index (χ4n) is 2.81. The largest absolute Gasteiger partial charge is 0.493 e. The fourth-order valence-corrected chi connectivity index (χ4v) is 3.23. The molecule has 2 aromatic carbocycles. The molecule has 0 aliphatic heterocycles. The zero-order valence-corrected chi connectivity index (χ0v) is 17.9. The molecule has 7 nitrogen and oxygen atoms in total. The number of unbranched alkanes of at least 4 members (excludes halogenated alkanes) is 1. The van der Waals surface area contributed by atoms with Crippen LogP contribution in [-0.2, 0) is 15.5 Å². The second-order valence-electron chi connectivity index (χ2n) is 7.33. The van der Waals surface area contributed by atoms with E-state index in [4.69, 9.17) is 20.3 Å². The molecule has 166 valence electrons. The lowest BCUT2D eigenvalue weighted by Crippen LogP contribution is -2.48. The maximum atomic E-state index is 14.5. The summed E-state index contributed by atoms with van der Waals surface area (Å²) >= 11 is 0. The second kappa shape index (κ2) is 11.0. The molecule has 0 radical (unpaired) electrons. The van der Waals surface area contributed by atoms with E-state index in [1.807, 2.05) is 12.1 Å². The van der Waals surface area contributed by atoms with Crippen LogP contribution in [0.4, 0.5) is 4.39 Å². The van der Waals surface area contributed by atoms with Gasteiger partial charge in [0.05, 0.1) is 25.4 Å². The third-order valence-corrected chi connectivity index (χ3v) is 5.18. The van der Waals surface area contributed by atoms with Gasteiger partial charge in [-0.15, -0.1) is 0 Å². The van der Waals surface area contributed by atoms with E-state index in [0.29, 0.717) is 29.9 Å². The molecule has 0 heterocycles. The predicted octanol–water partition coefficient (Wildman–Crippen LogP) is 3.40. The van der Waals surface area contributed by atoms with E-state index in [1.165, 1.54) is 6.07 Å². The number of aliphatic hydroxyl groups excluding tert-OH is 1. The molecule has 0 spiro atoms. The first-order valence-corrected chi connectivity index (χ1v) is 11.3. The topological polar surface area (TPSA) is 122 Å². The van der Waals surface area contributed by atoms with Gasteiger partial charge in [0.25, 0.3) is 0 Å². The molecule has 30 heavy (non-hydrogen) atoms. The van der Waals surface area contributed by atoms with E-state index in [-0.39, 0.29) is 12.2 Å². The van der Waals surface area contributed by atoms with E-state index in [0.717, 1.165) is 18.4 Å². The van der Waals surface area contributed by atoms with Crippen molar-refractivity contribution in [2.45, 2.75) is 38.1 Å². The van der Waals surface area contributed by atoms with Crippen molar-refractivity contribution in [3.63, 3.8) is 0 Å². The van der Waals surface area contributed by atoms with Crippen LogP contribution >= 0.6 is 7.82 Å². The molecule has 2 rings (SSSR count). The second-order valence-corrected chi connectivity index (χ2v) is 8.56. The lowest BCUT2D eigenvalue weighted by molar-refractivity contribution is 0.102. The summed E-state index contributed by atoms with van der Waals surface area (Å²) in [5, 5.41) is 9.46. The van der Waals surface area contributed by atoms with Gasteiger partial charge < -0.3 is 25.4 Å². The van der Waals surface area contributed by atoms with Gasteiger partial charge in [-0.05, 0) is 42.5 Å². The molecule has 0 amide bonds. The van der Waals surface area contributed by atoms with Crippen LogP contribution in [0.1, 0.15) is 31.7 Å². The molecule has 2 aromatic rings. The molecular weight excluding hydrogens is 412 g/mol. The van der Waals surface area contributed by atoms with Crippen molar-refractivity contribution in [2.24, 2.45) is 5.73 Å². The lowest BCUT2D eigenvalue weighted by atomic mass is 9.93. The maximum Gasteiger partial charge on any atom is 0.469 e. The van der Waals surface area contributed by atoms with Crippen LogP contribution in [-0.4, -0.2) is 40.3 Å². The summed E-state index contributed by atoms with van der Waals surface area (Å²) in [6.07, 6.45) is 2.62. The van der Waals surface area contributed by atoms with Gasteiger partial charge in [0.15, 0.2) is 0 Å². The Balaban J connectivity index is 2.00. The van der Waals surface area contributed by atoms with Crippen LogP contribution in [0.2, 0.25) is 0 Å². The minimum Gasteiger partial charge on any atom is -0.493 e. The number of aliphatic hydroxyl groups is 1. The highest BCUT2D eigenvalue weighted by atomic mass is 31.2. The minimum atomic E-state index is -4.66. The van der Waals surface area contributed by atoms with Crippen LogP contribution in [0.25, 0.3) is 11.1 Å². The van der Waals surface area contributed by atoms with Gasteiger partial charge in [-0.3, -0.25) is 4.52 Å². The third kappa shape index (κ3) is 7.80. The quantitative estimate of drug-likeness (QED) is 0.294. The number of benzene rings is 2. The average Bonchev–Trinajstić information content (AvgIpc) is 2.71. The Morgan fingerprint density at radius 3 is 2.43 bits per heavy atom. The molecule has 0 saturated heterocycles. The zero-order valence-electron chi connectivity index (χ0n) is 17.0. The predicted molar refractivity (Wildman–Crippen MR) is 113 cm³/mol. The fraction of sp³-hybridized carbons (Fsp3) is 0.429. The van der Waals surface area contributed by atoms with Gasteiger partial charge in [0, 0.05) is 11.6 Å². The maximum absolute atomic E-state index is 14.5. The van der Waals surface area contributed by atoms with Crippen LogP contribution in [0.15, 0.2) is 42.5 Å². The zero-order chi connectivity index (χ0) is 22.2. The normalized spacial score (nSPS) is 13.8. The summed E-state index contributed by atoms with van der Waals surface area (Å²) in [5.74, 6) is 0.134. The summed E-state index contributed by atoms with van der Waals surface area (Å²) in [7, 11) is -4.66. The summed E-state index contributed by atoms with van der Waals surface area (Å²) in [6.45, 7) is 1.66. The molecule has 0 saturated carbocycles. The van der Waals surface area contributed by atoms with E-state index < -0.39 is 26.6 Å². The van der Waals surface area contributed by atoms with E-state index in [2.05, 4.69) is 11.4 Å². The Bertz CT molecular complexity index is 857. The summed E-state index contributed by atoms with van der Waals surface area (Å²) < 4.78 is 35.3. The van der Waals surface area contributed by atoms with Crippen molar-refractivity contribution in [3.05, 3.63) is 53.8 Å². The Labute approximate surface area is 175 Å². The Morgan fingerprint density at radius 2 is 1.87 bits per heavy atom.